The summed E-state index contributed by atoms with van der Waals surface area (Å²) in [6, 6.07) is 5.02. The number of piperidine rings is 1. The van der Waals surface area contributed by atoms with E-state index in [1.54, 1.807) is 16.4 Å². The minimum absolute atomic E-state index is 0.0563. The molecular formula is C22H31BrN2O3S. The summed E-state index contributed by atoms with van der Waals surface area (Å²) in [5.41, 5.74) is 0.591. The Labute approximate surface area is 182 Å². The monoisotopic (exact) mass is 482 g/mol. The van der Waals surface area contributed by atoms with Gasteiger partial charge in [0.05, 0.1) is 4.90 Å². The van der Waals surface area contributed by atoms with Gasteiger partial charge >= 0.3 is 0 Å². The molecule has 1 N–H and O–H groups in total. The maximum atomic E-state index is 13.1. The molecule has 1 aromatic rings. The average Bonchev–Trinajstić information content (AvgIpc) is 3.17. The van der Waals surface area contributed by atoms with E-state index < -0.39 is 10.0 Å². The molecule has 1 aromatic carbocycles. The van der Waals surface area contributed by atoms with Crippen molar-refractivity contribution in [3.05, 3.63) is 28.2 Å². The molecule has 5 nitrogen and oxygen atoms in total. The van der Waals surface area contributed by atoms with Crippen LogP contribution in [0.25, 0.3) is 0 Å². The van der Waals surface area contributed by atoms with E-state index in [1.165, 1.54) is 12.5 Å². The van der Waals surface area contributed by atoms with Crippen LogP contribution in [0.2, 0.25) is 0 Å². The Bertz CT molecular complexity index is 919. The van der Waals surface area contributed by atoms with Gasteiger partial charge in [-0.1, -0.05) is 27.2 Å². The molecule has 1 amide bonds. The van der Waals surface area contributed by atoms with Crippen molar-refractivity contribution in [2.45, 2.75) is 70.2 Å². The highest BCUT2D eigenvalue weighted by Crippen LogP contribution is 2.62. The van der Waals surface area contributed by atoms with Crippen molar-refractivity contribution in [1.29, 1.82) is 0 Å². The first-order valence-corrected chi connectivity index (χ1v) is 12.9. The van der Waals surface area contributed by atoms with Gasteiger partial charge in [-0.2, -0.15) is 4.31 Å². The van der Waals surface area contributed by atoms with Crippen LogP contribution < -0.4 is 5.32 Å². The Morgan fingerprint density at radius 3 is 2.48 bits per heavy atom. The fraction of sp³-hybridized carbons (Fsp3) is 0.682. The number of halogens is 1. The molecule has 1 heterocycles. The third kappa shape index (κ3) is 3.57. The number of sulfonamides is 1. The molecule has 3 fully saturated rings. The Kier molecular flexibility index (Phi) is 5.40. The van der Waals surface area contributed by atoms with Gasteiger partial charge in [0.25, 0.3) is 5.91 Å². The minimum atomic E-state index is -3.61. The van der Waals surface area contributed by atoms with Crippen LogP contribution in [-0.4, -0.2) is 37.8 Å². The summed E-state index contributed by atoms with van der Waals surface area (Å²) in [7, 11) is -3.61. The van der Waals surface area contributed by atoms with Crippen LogP contribution >= 0.6 is 15.9 Å². The Morgan fingerprint density at radius 2 is 1.86 bits per heavy atom. The van der Waals surface area contributed by atoms with Gasteiger partial charge in [-0.3, -0.25) is 4.79 Å². The van der Waals surface area contributed by atoms with Crippen molar-refractivity contribution in [3.8, 4) is 0 Å². The number of fused-ring (bicyclic) bond motifs is 2. The SMILES string of the molecule is CC1(C)[C@H]2CC[C@](C)(C2)[C@@H]1NC(=O)c1ccc(Br)c(S(=O)(=O)N2CCCCC2)c1. The largest absolute Gasteiger partial charge is 0.348 e. The van der Waals surface area contributed by atoms with Crippen LogP contribution in [0.5, 0.6) is 0 Å². The van der Waals surface area contributed by atoms with Gasteiger partial charge in [0.2, 0.25) is 10.0 Å². The first-order chi connectivity index (χ1) is 13.6. The van der Waals surface area contributed by atoms with Gasteiger partial charge in [-0.15, -0.1) is 0 Å². The second-order valence-electron chi connectivity index (χ2n) is 9.93. The van der Waals surface area contributed by atoms with Crippen LogP contribution in [0, 0.1) is 16.7 Å². The summed E-state index contributed by atoms with van der Waals surface area (Å²) < 4.78 is 28.3. The zero-order chi connectivity index (χ0) is 21.0. The van der Waals surface area contributed by atoms with Crippen LogP contribution in [0.4, 0.5) is 0 Å². The maximum Gasteiger partial charge on any atom is 0.251 e. The molecule has 29 heavy (non-hydrogen) atoms. The predicted molar refractivity (Wildman–Crippen MR) is 117 cm³/mol. The van der Waals surface area contributed by atoms with Crippen LogP contribution in [-0.2, 0) is 10.0 Å². The van der Waals surface area contributed by atoms with Gasteiger partial charge in [0, 0.05) is 29.2 Å². The quantitative estimate of drug-likeness (QED) is 0.683. The molecule has 160 valence electrons. The van der Waals surface area contributed by atoms with Crippen LogP contribution in [0.1, 0.15) is 69.7 Å². The first kappa shape index (κ1) is 21.3. The highest BCUT2D eigenvalue weighted by Gasteiger charge is 2.59. The molecule has 1 saturated heterocycles. The molecule has 0 spiro atoms. The number of hydrogen-bond donors (Lipinski definition) is 1. The zero-order valence-electron chi connectivity index (χ0n) is 17.5. The summed E-state index contributed by atoms with van der Waals surface area (Å²) in [4.78, 5) is 13.3. The molecular weight excluding hydrogens is 452 g/mol. The van der Waals surface area contributed by atoms with E-state index in [0.29, 0.717) is 29.0 Å². The van der Waals surface area contributed by atoms with E-state index in [4.69, 9.17) is 0 Å². The lowest BCUT2D eigenvalue weighted by Gasteiger charge is -2.43. The number of carbonyl (C=O) groups is 1. The number of hydrogen-bond acceptors (Lipinski definition) is 3. The van der Waals surface area contributed by atoms with E-state index in [-0.39, 0.29) is 27.7 Å². The Hall–Kier alpha value is -0.920. The van der Waals surface area contributed by atoms with E-state index in [9.17, 15) is 13.2 Å². The number of rotatable bonds is 4. The lowest BCUT2D eigenvalue weighted by molar-refractivity contribution is 0.0737. The van der Waals surface area contributed by atoms with Gasteiger partial charge in [0.15, 0.2) is 0 Å². The fourth-order valence-corrected chi connectivity index (χ4v) is 8.43. The number of nitrogens with one attached hydrogen (secondary N) is 1. The topological polar surface area (TPSA) is 66.5 Å². The zero-order valence-corrected chi connectivity index (χ0v) is 19.9. The summed E-state index contributed by atoms with van der Waals surface area (Å²) in [5, 5.41) is 3.27. The molecule has 0 unspecified atom stereocenters. The number of benzene rings is 1. The summed E-state index contributed by atoms with van der Waals surface area (Å²) in [6.45, 7) is 7.87. The van der Waals surface area contributed by atoms with Crippen molar-refractivity contribution in [2.75, 3.05) is 13.1 Å². The van der Waals surface area contributed by atoms with E-state index in [2.05, 4.69) is 42.0 Å². The van der Waals surface area contributed by atoms with Crippen molar-refractivity contribution in [3.63, 3.8) is 0 Å². The van der Waals surface area contributed by atoms with Crippen LogP contribution in [0.3, 0.4) is 0 Å². The van der Waals surface area contributed by atoms with Crippen molar-refractivity contribution in [2.24, 2.45) is 16.7 Å². The van der Waals surface area contributed by atoms with Crippen molar-refractivity contribution < 1.29 is 13.2 Å². The second-order valence-corrected chi connectivity index (χ2v) is 12.7. The smallest absolute Gasteiger partial charge is 0.251 e. The van der Waals surface area contributed by atoms with Crippen LogP contribution in [0.15, 0.2) is 27.6 Å². The summed E-state index contributed by atoms with van der Waals surface area (Å²) in [5.74, 6) is 0.456. The Balaban J connectivity index is 1.60. The van der Waals surface area contributed by atoms with Crippen molar-refractivity contribution in [1.82, 2.24) is 9.62 Å². The average molecular weight is 483 g/mol. The predicted octanol–water partition coefficient (Wildman–Crippen LogP) is 4.57. The number of carbonyl (C=O) groups excluding carboxylic acids is 1. The van der Waals surface area contributed by atoms with Gasteiger partial charge in [-0.25, -0.2) is 8.42 Å². The molecule has 3 atom stereocenters. The highest BCUT2D eigenvalue weighted by molar-refractivity contribution is 9.10. The molecule has 2 aliphatic carbocycles. The number of nitrogens with zero attached hydrogens (tertiary/aromatic N) is 1. The lowest BCUT2D eigenvalue weighted by Crippen LogP contribution is -2.52. The normalized spacial score (nSPS) is 31.7. The van der Waals surface area contributed by atoms with Crippen molar-refractivity contribution >= 4 is 31.9 Å². The second kappa shape index (κ2) is 7.34. The molecule has 2 saturated carbocycles. The first-order valence-electron chi connectivity index (χ1n) is 10.7. The third-order valence-electron chi connectivity index (χ3n) is 7.67. The molecule has 4 rings (SSSR count). The molecule has 3 aliphatic rings. The summed E-state index contributed by atoms with van der Waals surface area (Å²) >= 11 is 3.39. The molecule has 0 aromatic heterocycles. The molecule has 1 aliphatic heterocycles. The van der Waals surface area contributed by atoms with Gasteiger partial charge < -0.3 is 5.32 Å². The van der Waals surface area contributed by atoms with E-state index >= 15 is 0 Å². The third-order valence-corrected chi connectivity index (χ3v) is 10.6. The molecule has 2 bridgehead atoms. The molecule has 7 heteroatoms. The maximum absolute atomic E-state index is 13.1. The molecule has 0 radical (unpaired) electrons. The van der Waals surface area contributed by atoms with Gasteiger partial charge in [-0.05, 0) is 83.0 Å². The fourth-order valence-electron chi connectivity index (χ4n) is 5.96. The minimum Gasteiger partial charge on any atom is -0.348 e. The number of amides is 1. The van der Waals surface area contributed by atoms with E-state index in [0.717, 1.165) is 32.1 Å². The van der Waals surface area contributed by atoms with E-state index in [1.807, 2.05) is 0 Å². The highest BCUT2D eigenvalue weighted by atomic mass is 79.9. The standard InChI is InChI=1S/C22H31BrN2O3S/c1-21(2)16-9-10-22(3,14-16)20(21)24-19(26)15-7-8-17(23)18(13-15)29(27,28)25-11-5-4-6-12-25/h7-8,13,16,20H,4-6,9-12,14H2,1-3H3,(H,24,26)/t16-,20+,22+/m0/s1. The lowest BCUT2D eigenvalue weighted by atomic mass is 9.68. The van der Waals surface area contributed by atoms with Gasteiger partial charge in [0.1, 0.15) is 0 Å². The Morgan fingerprint density at radius 1 is 1.17 bits per heavy atom. The summed E-state index contributed by atoms with van der Waals surface area (Å²) in [6.07, 6.45) is 6.35.